The second-order valence-corrected chi connectivity index (χ2v) is 4.08. The van der Waals surface area contributed by atoms with Crippen LogP contribution < -0.4 is 0 Å². The molecule has 2 rings (SSSR count). The van der Waals surface area contributed by atoms with Crippen molar-refractivity contribution in [2.24, 2.45) is 5.41 Å². The molecule has 0 aromatic heterocycles. The van der Waals surface area contributed by atoms with Crippen LogP contribution in [-0.2, 0) is 4.74 Å². The van der Waals surface area contributed by atoms with Gasteiger partial charge in [0, 0.05) is 0 Å². The molecule has 0 radical (unpaired) electrons. The minimum Gasteiger partial charge on any atom is -0.450 e. The molecule has 2 fully saturated rings. The summed E-state index contributed by atoms with van der Waals surface area (Å²) in [6.45, 7) is 0. The van der Waals surface area contributed by atoms with Crippen LogP contribution in [0.15, 0.2) is 0 Å². The lowest BCUT2D eigenvalue weighted by atomic mass is 9.85. The summed E-state index contributed by atoms with van der Waals surface area (Å²) in [5.41, 5.74) is 0.623. The van der Waals surface area contributed by atoms with E-state index in [1.54, 1.807) is 0 Å². The quantitative estimate of drug-likeness (QED) is 0.614. The van der Waals surface area contributed by atoms with Crippen LogP contribution in [0, 0.1) is 5.41 Å². The summed E-state index contributed by atoms with van der Waals surface area (Å²) in [6, 6.07) is 0. The lowest BCUT2D eigenvalue weighted by molar-refractivity contribution is 0.0257. The predicted molar refractivity (Wildman–Crippen MR) is 43.0 cm³/mol. The van der Waals surface area contributed by atoms with Crippen LogP contribution in [0.1, 0.15) is 38.5 Å². The zero-order valence-corrected chi connectivity index (χ0v) is 7.08. The van der Waals surface area contributed by atoms with Crippen LogP contribution in [0.5, 0.6) is 0 Å². The highest BCUT2D eigenvalue weighted by atomic mass is 16.7. The van der Waals surface area contributed by atoms with Crippen molar-refractivity contribution in [3.8, 4) is 0 Å². The van der Waals surface area contributed by atoms with Gasteiger partial charge >= 0.3 is 6.16 Å². The fourth-order valence-electron chi connectivity index (χ4n) is 2.14. The molecule has 2 aliphatic carbocycles. The third-order valence-corrected chi connectivity index (χ3v) is 3.22. The van der Waals surface area contributed by atoms with Gasteiger partial charge in [-0.1, -0.05) is 0 Å². The summed E-state index contributed by atoms with van der Waals surface area (Å²) in [4.78, 5) is 10.2. The Balaban J connectivity index is 1.78. The molecule has 0 aromatic rings. The molecule has 0 atom stereocenters. The Morgan fingerprint density at radius 3 is 2.25 bits per heavy atom. The Hall–Kier alpha value is -0.730. The highest BCUT2D eigenvalue weighted by Gasteiger charge is 2.45. The maximum Gasteiger partial charge on any atom is 0.506 e. The van der Waals surface area contributed by atoms with E-state index < -0.39 is 6.16 Å². The standard InChI is InChI=1S/C9H14O3/c10-8(11)12-7-1-3-9(4-2-7)5-6-9/h7H,1-6H2,(H,10,11). The van der Waals surface area contributed by atoms with E-state index >= 15 is 0 Å². The van der Waals surface area contributed by atoms with Crippen molar-refractivity contribution in [3.05, 3.63) is 0 Å². The monoisotopic (exact) mass is 170 g/mol. The van der Waals surface area contributed by atoms with Gasteiger partial charge in [0.25, 0.3) is 0 Å². The minimum atomic E-state index is -1.12. The van der Waals surface area contributed by atoms with E-state index in [-0.39, 0.29) is 6.10 Å². The first-order chi connectivity index (χ1) is 5.70. The highest BCUT2D eigenvalue weighted by molar-refractivity contribution is 5.57. The van der Waals surface area contributed by atoms with E-state index in [1.165, 1.54) is 25.7 Å². The van der Waals surface area contributed by atoms with Crippen molar-refractivity contribution in [2.45, 2.75) is 44.6 Å². The third-order valence-electron chi connectivity index (χ3n) is 3.22. The van der Waals surface area contributed by atoms with Crippen molar-refractivity contribution in [1.29, 1.82) is 0 Å². The molecule has 1 spiro atoms. The molecule has 0 amide bonds. The summed E-state index contributed by atoms with van der Waals surface area (Å²) >= 11 is 0. The molecule has 1 N–H and O–H groups in total. The van der Waals surface area contributed by atoms with Crippen LogP contribution >= 0.6 is 0 Å². The zero-order chi connectivity index (χ0) is 8.60. The van der Waals surface area contributed by atoms with E-state index in [4.69, 9.17) is 9.84 Å². The Kier molecular flexibility index (Phi) is 1.74. The number of hydrogen-bond donors (Lipinski definition) is 1. The molecule has 3 heteroatoms. The van der Waals surface area contributed by atoms with Gasteiger partial charge in [-0.05, 0) is 43.9 Å². The summed E-state index contributed by atoms with van der Waals surface area (Å²) in [5.74, 6) is 0. The van der Waals surface area contributed by atoms with Gasteiger partial charge in [0.05, 0.1) is 0 Å². The van der Waals surface area contributed by atoms with E-state index in [2.05, 4.69) is 0 Å². The van der Waals surface area contributed by atoms with E-state index in [1.807, 2.05) is 0 Å². The minimum absolute atomic E-state index is 0.0197. The normalized spacial score (nSPS) is 27.0. The van der Waals surface area contributed by atoms with Crippen LogP contribution in [0.4, 0.5) is 4.79 Å². The van der Waals surface area contributed by atoms with Gasteiger partial charge in [-0.15, -0.1) is 0 Å². The number of carbonyl (C=O) groups is 1. The van der Waals surface area contributed by atoms with Crippen molar-refractivity contribution < 1.29 is 14.6 Å². The fourth-order valence-corrected chi connectivity index (χ4v) is 2.14. The molecule has 0 heterocycles. The van der Waals surface area contributed by atoms with Gasteiger partial charge in [-0.3, -0.25) is 0 Å². The molecule has 0 bridgehead atoms. The van der Waals surface area contributed by atoms with Gasteiger partial charge in [0.1, 0.15) is 6.10 Å². The summed E-state index contributed by atoms with van der Waals surface area (Å²) in [6.07, 6.45) is 5.79. The molecule has 3 nitrogen and oxygen atoms in total. The molecule has 2 saturated carbocycles. The zero-order valence-electron chi connectivity index (χ0n) is 7.08. The first-order valence-corrected chi connectivity index (χ1v) is 4.60. The van der Waals surface area contributed by atoms with Crippen molar-refractivity contribution in [2.75, 3.05) is 0 Å². The number of ether oxygens (including phenoxy) is 1. The predicted octanol–water partition coefficient (Wildman–Crippen LogP) is 2.40. The molecule has 0 unspecified atom stereocenters. The Morgan fingerprint density at radius 1 is 1.25 bits per heavy atom. The first-order valence-electron chi connectivity index (χ1n) is 4.60. The van der Waals surface area contributed by atoms with Crippen molar-refractivity contribution in [1.82, 2.24) is 0 Å². The number of rotatable bonds is 1. The first kappa shape index (κ1) is 7.90. The maximum atomic E-state index is 10.2. The summed E-state index contributed by atoms with van der Waals surface area (Å²) in [7, 11) is 0. The highest BCUT2D eigenvalue weighted by Crippen LogP contribution is 2.56. The van der Waals surface area contributed by atoms with Crippen LogP contribution in [-0.4, -0.2) is 17.4 Å². The van der Waals surface area contributed by atoms with Gasteiger partial charge in [-0.25, -0.2) is 4.79 Å². The summed E-state index contributed by atoms with van der Waals surface area (Å²) in [5, 5.41) is 8.39. The van der Waals surface area contributed by atoms with Gasteiger partial charge < -0.3 is 9.84 Å². The molecule has 0 aromatic carbocycles. The topological polar surface area (TPSA) is 46.5 Å². The molecule has 2 aliphatic rings. The fraction of sp³-hybridized carbons (Fsp3) is 0.889. The van der Waals surface area contributed by atoms with Crippen LogP contribution in [0.3, 0.4) is 0 Å². The molecule has 12 heavy (non-hydrogen) atoms. The molecule has 0 aliphatic heterocycles. The molecule has 68 valence electrons. The number of carboxylic acid groups (broad SMARTS) is 1. The average molecular weight is 170 g/mol. The smallest absolute Gasteiger partial charge is 0.450 e. The van der Waals surface area contributed by atoms with Crippen LogP contribution in [0.25, 0.3) is 0 Å². The van der Waals surface area contributed by atoms with E-state index in [9.17, 15) is 4.79 Å². The third kappa shape index (κ3) is 1.54. The largest absolute Gasteiger partial charge is 0.506 e. The van der Waals surface area contributed by atoms with Gasteiger partial charge in [0.2, 0.25) is 0 Å². The molecule has 0 saturated heterocycles. The van der Waals surface area contributed by atoms with Crippen molar-refractivity contribution in [3.63, 3.8) is 0 Å². The SMILES string of the molecule is O=C(O)OC1CCC2(CC1)CC2. The van der Waals surface area contributed by atoms with Crippen LogP contribution in [0.2, 0.25) is 0 Å². The second kappa shape index (κ2) is 2.64. The van der Waals surface area contributed by atoms with Gasteiger partial charge in [-0.2, -0.15) is 0 Å². The lowest BCUT2D eigenvalue weighted by Crippen LogP contribution is -2.24. The second-order valence-electron chi connectivity index (χ2n) is 4.08. The lowest BCUT2D eigenvalue weighted by Gasteiger charge is -2.26. The Morgan fingerprint density at radius 2 is 1.83 bits per heavy atom. The maximum absolute atomic E-state index is 10.2. The van der Waals surface area contributed by atoms with Gasteiger partial charge in [0.15, 0.2) is 0 Å². The summed E-state index contributed by atoms with van der Waals surface area (Å²) < 4.78 is 4.73. The molecular weight excluding hydrogens is 156 g/mol. The molecular formula is C9H14O3. The van der Waals surface area contributed by atoms with E-state index in [0.29, 0.717) is 5.41 Å². The Bertz CT molecular complexity index is 186. The average Bonchev–Trinajstić information content (AvgIpc) is 2.75. The number of hydrogen-bond acceptors (Lipinski definition) is 2. The Labute approximate surface area is 71.7 Å². The van der Waals surface area contributed by atoms with Crippen molar-refractivity contribution >= 4 is 6.16 Å². The van der Waals surface area contributed by atoms with E-state index in [0.717, 1.165) is 12.8 Å².